The second-order valence-electron chi connectivity index (χ2n) is 7.32. The standard InChI is InChI=1S/C18H21N3O6S/c1-10(2)20-17(24)16(23)19(18(20)25)9-15(22)12-5-6-14-13(8-12)7-11(3)21(14)28(4,26)27/h5-6,8,10-11H,7,9H2,1-4H3/t11-/m0/s1. The largest absolute Gasteiger partial charge is 0.334 e. The van der Waals surface area contributed by atoms with E-state index in [2.05, 4.69) is 0 Å². The van der Waals surface area contributed by atoms with Gasteiger partial charge in [0, 0.05) is 17.6 Å². The molecule has 10 heteroatoms. The molecule has 0 aliphatic carbocycles. The molecule has 4 amide bonds. The molecule has 1 aromatic carbocycles. The zero-order chi connectivity index (χ0) is 21.0. The Balaban J connectivity index is 1.84. The quantitative estimate of drug-likeness (QED) is 0.405. The van der Waals surface area contributed by atoms with Crippen LogP contribution in [0.1, 0.15) is 36.7 Å². The van der Waals surface area contributed by atoms with Crippen LogP contribution in [-0.4, -0.2) is 66.7 Å². The predicted octanol–water partition coefficient (Wildman–Crippen LogP) is 0.779. The van der Waals surface area contributed by atoms with Gasteiger partial charge in [0.15, 0.2) is 5.78 Å². The van der Waals surface area contributed by atoms with E-state index in [1.54, 1.807) is 32.9 Å². The fraction of sp³-hybridized carbons (Fsp3) is 0.444. The van der Waals surface area contributed by atoms with Crippen LogP contribution >= 0.6 is 0 Å². The average Bonchev–Trinajstić information content (AvgIpc) is 3.02. The summed E-state index contributed by atoms with van der Waals surface area (Å²) in [7, 11) is -3.44. The lowest BCUT2D eigenvalue weighted by Crippen LogP contribution is -2.39. The number of anilines is 1. The first kappa shape index (κ1) is 20.0. The third-order valence-corrected chi connectivity index (χ3v) is 6.09. The molecule has 0 spiro atoms. The van der Waals surface area contributed by atoms with Gasteiger partial charge in [-0.3, -0.25) is 23.6 Å². The summed E-state index contributed by atoms with van der Waals surface area (Å²) in [4.78, 5) is 50.4. The molecule has 0 N–H and O–H groups in total. The number of rotatable bonds is 5. The van der Waals surface area contributed by atoms with Gasteiger partial charge in [-0.15, -0.1) is 0 Å². The third-order valence-electron chi connectivity index (χ3n) is 4.81. The lowest BCUT2D eigenvalue weighted by Gasteiger charge is -2.22. The summed E-state index contributed by atoms with van der Waals surface area (Å²) in [5.74, 6) is -2.47. The van der Waals surface area contributed by atoms with Gasteiger partial charge in [-0.1, -0.05) is 0 Å². The lowest BCUT2D eigenvalue weighted by atomic mass is 10.0. The number of benzene rings is 1. The van der Waals surface area contributed by atoms with Crippen molar-refractivity contribution in [3.8, 4) is 0 Å². The zero-order valence-electron chi connectivity index (χ0n) is 16.0. The monoisotopic (exact) mass is 407 g/mol. The van der Waals surface area contributed by atoms with Crippen LogP contribution in [0.3, 0.4) is 0 Å². The SMILES string of the molecule is CC(C)N1C(=O)C(=O)N(CC(=O)c2ccc3c(c2)C[C@H](C)N3S(C)(=O)=O)C1=O. The third kappa shape index (κ3) is 3.17. The Kier molecular flexibility index (Phi) is 4.78. The molecule has 2 aliphatic rings. The molecular weight excluding hydrogens is 386 g/mol. The van der Waals surface area contributed by atoms with Gasteiger partial charge in [-0.05, 0) is 51.0 Å². The Hall–Kier alpha value is -2.75. The van der Waals surface area contributed by atoms with Crippen molar-refractivity contribution in [2.45, 2.75) is 39.3 Å². The number of imide groups is 2. The molecule has 1 aromatic rings. The summed E-state index contributed by atoms with van der Waals surface area (Å²) in [6.07, 6.45) is 1.57. The van der Waals surface area contributed by atoms with Crippen LogP contribution in [0.5, 0.6) is 0 Å². The van der Waals surface area contributed by atoms with E-state index < -0.39 is 46.2 Å². The summed E-state index contributed by atoms with van der Waals surface area (Å²) >= 11 is 0. The molecule has 3 rings (SSSR count). The summed E-state index contributed by atoms with van der Waals surface area (Å²) in [6, 6.07) is 3.02. The summed E-state index contributed by atoms with van der Waals surface area (Å²) < 4.78 is 25.3. The highest BCUT2D eigenvalue weighted by Gasteiger charge is 2.46. The molecule has 1 saturated heterocycles. The number of hydrogen-bond donors (Lipinski definition) is 0. The molecule has 0 unspecified atom stereocenters. The molecule has 28 heavy (non-hydrogen) atoms. The van der Waals surface area contributed by atoms with E-state index in [1.165, 1.54) is 10.4 Å². The van der Waals surface area contributed by atoms with Crippen molar-refractivity contribution in [1.29, 1.82) is 0 Å². The number of fused-ring (bicyclic) bond motifs is 1. The molecule has 0 radical (unpaired) electrons. The van der Waals surface area contributed by atoms with Gasteiger partial charge in [0.2, 0.25) is 10.0 Å². The van der Waals surface area contributed by atoms with E-state index in [1.807, 2.05) is 0 Å². The number of carbonyl (C=O) groups is 4. The molecule has 2 aliphatic heterocycles. The molecule has 1 fully saturated rings. The molecule has 0 aromatic heterocycles. The number of Topliss-reactive ketones (excluding diaryl/α,β-unsaturated/α-hetero) is 1. The number of ketones is 1. The topological polar surface area (TPSA) is 112 Å². The molecule has 1 atom stereocenters. The number of urea groups is 1. The van der Waals surface area contributed by atoms with E-state index >= 15 is 0 Å². The van der Waals surface area contributed by atoms with Gasteiger partial charge < -0.3 is 0 Å². The van der Waals surface area contributed by atoms with Gasteiger partial charge in [0.1, 0.15) is 0 Å². The normalized spacial score (nSPS) is 19.8. The molecule has 0 saturated carbocycles. The highest BCUT2D eigenvalue weighted by molar-refractivity contribution is 7.92. The van der Waals surface area contributed by atoms with Gasteiger partial charge in [-0.25, -0.2) is 18.1 Å². The molecule has 0 bridgehead atoms. The van der Waals surface area contributed by atoms with Crippen LogP contribution < -0.4 is 4.31 Å². The fourth-order valence-electron chi connectivity index (χ4n) is 3.63. The van der Waals surface area contributed by atoms with Gasteiger partial charge in [0.25, 0.3) is 0 Å². The van der Waals surface area contributed by atoms with Crippen molar-refractivity contribution in [2.24, 2.45) is 0 Å². The Labute approximate surface area is 162 Å². The van der Waals surface area contributed by atoms with E-state index in [9.17, 15) is 27.6 Å². The molecule has 9 nitrogen and oxygen atoms in total. The van der Waals surface area contributed by atoms with Crippen LogP contribution in [-0.2, 0) is 26.0 Å². The number of carbonyl (C=O) groups excluding carboxylic acids is 4. The van der Waals surface area contributed by atoms with E-state index in [4.69, 9.17) is 0 Å². The van der Waals surface area contributed by atoms with Crippen molar-refractivity contribution in [1.82, 2.24) is 9.80 Å². The fourth-order valence-corrected chi connectivity index (χ4v) is 4.90. The first-order valence-electron chi connectivity index (χ1n) is 8.78. The van der Waals surface area contributed by atoms with Crippen LogP contribution in [0.15, 0.2) is 18.2 Å². The highest BCUT2D eigenvalue weighted by atomic mass is 32.2. The van der Waals surface area contributed by atoms with E-state index in [0.29, 0.717) is 22.6 Å². The number of sulfonamides is 1. The van der Waals surface area contributed by atoms with Crippen molar-refractivity contribution in [3.05, 3.63) is 29.3 Å². The summed E-state index contributed by atoms with van der Waals surface area (Å²) in [5, 5.41) is 0. The average molecular weight is 407 g/mol. The maximum Gasteiger partial charge on any atom is 0.334 e. The van der Waals surface area contributed by atoms with Gasteiger partial charge in [0.05, 0.1) is 18.5 Å². The van der Waals surface area contributed by atoms with Crippen LogP contribution in [0.25, 0.3) is 0 Å². The predicted molar refractivity (Wildman–Crippen MR) is 100 cm³/mol. The maximum atomic E-state index is 12.6. The molecule has 2 heterocycles. The maximum absolute atomic E-state index is 12.6. The van der Waals surface area contributed by atoms with Crippen LogP contribution in [0, 0.1) is 0 Å². The lowest BCUT2D eigenvalue weighted by molar-refractivity contribution is -0.143. The molecule has 150 valence electrons. The number of nitrogens with zero attached hydrogens (tertiary/aromatic N) is 3. The van der Waals surface area contributed by atoms with Gasteiger partial charge >= 0.3 is 17.8 Å². The second-order valence-corrected chi connectivity index (χ2v) is 9.18. The van der Waals surface area contributed by atoms with Crippen molar-refractivity contribution in [2.75, 3.05) is 17.1 Å². The van der Waals surface area contributed by atoms with Crippen LogP contribution in [0.2, 0.25) is 0 Å². The minimum atomic E-state index is -3.44. The minimum absolute atomic E-state index is 0.248. The Morgan fingerprint density at radius 2 is 1.82 bits per heavy atom. The Bertz CT molecular complexity index is 1000. The van der Waals surface area contributed by atoms with Crippen molar-refractivity contribution in [3.63, 3.8) is 0 Å². The smallest absolute Gasteiger partial charge is 0.292 e. The Morgan fingerprint density at radius 3 is 2.36 bits per heavy atom. The highest BCUT2D eigenvalue weighted by Crippen LogP contribution is 2.34. The van der Waals surface area contributed by atoms with E-state index in [0.717, 1.165) is 11.2 Å². The summed E-state index contributed by atoms with van der Waals surface area (Å²) in [6.45, 7) is 4.43. The zero-order valence-corrected chi connectivity index (χ0v) is 16.8. The minimum Gasteiger partial charge on any atom is -0.292 e. The summed E-state index contributed by atoms with van der Waals surface area (Å²) in [5.41, 5.74) is 1.46. The van der Waals surface area contributed by atoms with Crippen molar-refractivity contribution >= 4 is 39.3 Å². The van der Waals surface area contributed by atoms with Crippen molar-refractivity contribution < 1.29 is 27.6 Å². The number of hydrogen-bond acceptors (Lipinski definition) is 6. The van der Waals surface area contributed by atoms with Crippen LogP contribution in [0.4, 0.5) is 10.5 Å². The second kappa shape index (κ2) is 6.69. The van der Waals surface area contributed by atoms with E-state index in [-0.39, 0.29) is 11.6 Å². The Morgan fingerprint density at radius 1 is 1.18 bits per heavy atom. The first-order valence-corrected chi connectivity index (χ1v) is 10.6. The first-order chi connectivity index (χ1) is 12.9. The van der Waals surface area contributed by atoms with Gasteiger partial charge in [-0.2, -0.15) is 0 Å². The molecular formula is C18H21N3O6S. The number of amides is 4.